The van der Waals surface area contributed by atoms with Crippen molar-refractivity contribution in [2.45, 2.75) is 32.4 Å². The number of hydrogen-bond donors (Lipinski definition) is 2. The van der Waals surface area contributed by atoms with Gasteiger partial charge < -0.3 is 10.4 Å². The Morgan fingerprint density at radius 1 is 1.10 bits per heavy atom. The van der Waals surface area contributed by atoms with Crippen LogP contribution in [0.3, 0.4) is 0 Å². The van der Waals surface area contributed by atoms with Gasteiger partial charge in [0.1, 0.15) is 0 Å². The Balaban J connectivity index is 1.92. The van der Waals surface area contributed by atoms with E-state index in [9.17, 15) is 5.11 Å². The summed E-state index contributed by atoms with van der Waals surface area (Å²) < 4.78 is 0.988. The summed E-state index contributed by atoms with van der Waals surface area (Å²) >= 11 is 3.43. The summed E-state index contributed by atoms with van der Waals surface area (Å²) in [6, 6.07) is 16.7. The molecule has 2 N–H and O–H groups in total. The summed E-state index contributed by atoms with van der Waals surface area (Å²) in [5, 5.41) is 13.6. The van der Waals surface area contributed by atoms with E-state index in [-0.39, 0.29) is 6.04 Å². The van der Waals surface area contributed by atoms with E-state index < -0.39 is 6.10 Å². The third kappa shape index (κ3) is 4.67. The molecule has 3 heteroatoms. The quantitative estimate of drug-likeness (QED) is 0.811. The molecule has 0 spiro atoms. The van der Waals surface area contributed by atoms with Crippen LogP contribution in [0.2, 0.25) is 0 Å². The monoisotopic (exact) mass is 347 g/mol. The molecule has 2 nitrogen and oxygen atoms in total. The van der Waals surface area contributed by atoms with Crippen molar-refractivity contribution in [3.63, 3.8) is 0 Å². The van der Waals surface area contributed by atoms with Gasteiger partial charge in [0.05, 0.1) is 6.10 Å². The SMILES string of the molecule is CCc1ccc(C(C)NCC(O)c2cccc(Br)c2)cc1. The molecule has 0 saturated carbocycles. The highest BCUT2D eigenvalue weighted by Crippen LogP contribution is 2.19. The molecule has 0 heterocycles. The highest BCUT2D eigenvalue weighted by Gasteiger charge is 2.10. The van der Waals surface area contributed by atoms with Gasteiger partial charge in [-0.2, -0.15) is 0 Å². The molecule has 0 bridgehead atoms. The number of aliphatic hydroxyl groups excluding tert-OH is 1. The van der Waals surface area contributed by atoms with E-state index in [0.29, 0.717) is 6.54 Å². The van der Waals surface area contributed by atoms with Gasteiger partial charge in [0.15, 0.2) is 0 Å². The second-order valence-corrected chi connectivity index (χ2v) is 6.21. The fourth-order valence-electron chi connectivity index (χ4n) is 2.28. The number of rotatable bonds is 6. The molecule has 21 heavy (non-hydrogen) atoms. The summed E-state index contributed by atoms with van der Waals surface area (Å²) in [4.78, 5) is 0. The summed E-state index contributed by atoms with van der Waals surface area (Å²) in [6.45, 7) is 4.81. The predicted octanol–water partition coefficient (Wildman–Crippen LogP) is 4.40. The lowest BCUT2D eigenvalue weighted by molar-refractivity contribution is 0.170. The second-order valence-electron chi connectivity index (χ2n) is 5.30. The summed E-state index contributed by atoms with van der Waals surface area (Å²) in [7, 11) is 0. The minimum Gasteiger partial charge on any atom is -0.387 e. The Morgan fingerprint density at radius 2 is 1.81 bits per heavy atom. The average Bonchev–Trinajstić information content (AvgIpc) is 2.52. The van der Waals surface area contributed by atoms with E-state index >= 15 is 0 Å². The van der Waals surface area contributed by atoms with Crippen molar-refractivity contribution in [2.75, 3.05) is 6.54 Å². The number of aliphatic hydroxyl groups is 1. The van der Waals surface area contributed by atoms with Crippen LogP contribution in [-0.2, 0) is 6.42 Å². The van der Waals surface area contributed by atoms with Crippen molar-refractivity contribution in [1.29, 1.82) is 0 Å². The van der Waals surface area contributed by atoms with Crippen LogP contribution < -0.4 is 5.32 Å². The van der Waals surface area contributed by atoms with Gasteiger partial charge >= 0.3 is 0 Å². The van der Waals surface area contributed by atoms with E-state index in [0.717, 1.165) is 16.5 Å². The van der Waals surface area contributed by atoms with Crippen LogP contribution in [0.4, 0.5) is 0 Å². The van der Waals surface area contributed by atoms with Gasteiger partial charge in [0.2, 0.25) is 0 Å². The maximum atomic E-state index is 10.2. The van der Waals surface area contributed by atoms with Crippen LogP contribution in [0, 0.1) is 0 Å². The first kappa shape index (κ1) is 16.2. The first-order valence-corrected chi connectivity index (χ1v) is 8.15. The zero-order chi connectivity index (χ0) is 15.2. The molecule has 112 valence electrons. The number of aryl methyl sites for hydroxylation is 1. The van der Waals surface area contributed by atoms with Gasteiger partial charge in [0, 0.05) is 17.1 Å². The maximum absolute atomic E-state index is 10.2. The van der Waals surface area contributed by atoms with Crippen LogP contribution in [0.1, 0.15) is 42.7 Å². The fraction of sp³-hybridized carbons (Fsp3) is 0.333. The average molecular weight is 348 g/mol. The third-order valence-electron chi connectivity index (χ3n) is 3.74. The Kier molecular flexibility index (Phi) is 5.97. The number of benzene rings is 2. The lowest BCUT2D eigenvalue weighted by Gasteiger charge is -2.18. The van der Waals surface area contributed by atoms with Gasteiger partial charge in [-0.05, 0) is 42.2 Å². The molecule has 0 aromatic heterocycles. The normalized spacial score (nSPS) is 13.9. The predicted molar refractivity (Wildman–Crippen MR) is 91.3 cm³/mol. The molecule has 0 aliphatic heterocycles. The highest BCUT2D eigenvalue weighted by atomic mass is 79.9. The maximum Gasteiger partial charge on any atom is 0.0914 e. The zero-order valence-corrected chi connectivity index (χ0v) is 14.1. The van der Waals surface area contributed by atoms with Gasteiger partial charge in [-0.25, -0.2) is 0 Å². The lowest BCUT2D eigenvalue weighted by Crippen LogP contribution is -2.24. The molecule has 2 aromatic carbocycles. The molecule has 0 fully saturated rings. The molecule has 0 aliphatic rings. The molecule has 0 radical (unpaired) electrons. The van der Waals surface area contributed by atoms with Crippen LogP contribution in [0.5, 0.6) is 0 Å². The fourth-order valence-corrected chi connectivity index (χ4v) is 2.70. The number of hydrogen-bond acceptors (Lipinski definition) is 2. The van der Waals surface area contributed by atoms with E-state index in [2.05, 4.69) is 59.4 Å². The number of nitrogens with one attached hydrogen (secondary N) is 1. The van der Waals surface area contributed by atoms with E-state index in [1.54, 1.807) is 0 Å². The first-order chi connectivity index (χ1) is 10.1. The Morgan fingerprint density at radius 3 is 2.43 bits per heavy atom. The lowest BCUT2D eigenvalue weighted by atomic mass is 10.0. The van der Waals surface area contributed by atoms with Crippen molar-refractivity contribution in [3.8, 4) is 0 Å². The van der Waals surface area contributed by atoms with E-state index in [4.69, 9.17) is 0 Å². The molecule has 0 amide bonds. The van der Waals surface area contributed by atoms with E-state index in [1.807, 2.05) is 24.3 Å². The van der Waals surface area contributed by atoms with Crippen molar-refractivity contribution < 1.29 is 5.11 Å². The van der Waals surface area contributed by atoms with Gasteiger partial charge in [-0.3, -0.25) is 0 Å². The van der Waals surface area contributed by atoms with Gasteiger partial charge in [-0.1, -0.05) is 59.3 Å². The third-order valence-corrected chi connectivity index (χ3v) is 4.23. The molecule has 2 unspecified atom stereocenters. The molecular formula is C18H22BrNO. The summed E-state index contributed by atoms with van der Waals surface area (Å²) in [5.41, 5.74) is 3.51. The van der Waals surface area contributed by atoms with Gasteiger partial charge in [0.25, 0.3) is 0 Å². The molecule has 0 saturated heterocycles. The summed E-state index contributed by atoms with van der Waals surface area (Å²) in [5.74, 6) is 0. The second kappa shape index (κ2) is 7.74. The van der Waals surface area contributed by atoms with Crippen molar-refractivity contribution in [1.82, 2.24) is 5.32 Å². The first-order valence-electron chi connectivity index (χ1n) is 7.36. The minimum atomic E-state index is -0.500. The van der Waals surface area contributed by atoms with Gasteiger partial charge in [-0.15, -0.1) is 0 Å². The Labute approximate surface area is 135 Å². The van der Waals surface area contributed by atoms with Crippen LogP contribution in [0.15, 0.2) is 53.0 Å². The van der Waals surface area contributed by atoms with Crippen LogP contribution in [0.25, 0.3) is 0 Å². The molecule has 2 aromatic rings. The van der Waals surface area contributed by atoms with Crippen molar-refractivity contribution in [3.05, 3.63) is 69.7 Å². The number of halogens is 1. The summed E-state index contributed by atoms with van der Waals surface area (Å²) in [6.07, 6.45) is 0.559. The van der Waals surface area contributed by atoms with Crippen LogP contribution in [-0.4, -0.2) is 11.7 Å². The minimum absolute atomic E-state index is 0.220. The van der Waals surface area contributed by atoms with Crippen molar-refractivity contribution >= 4 is 15.9 Å². The Bertz CT molecular complexity index is 568. The molecule has 0 aliphatic carbocycles. The topological polar surface area (TPSA) is 32.3 Å². The highest BCUT2D eigenvalue weighted by molar-refractivity contribution is 9.10. The smallest absolute Gasteiger partial charge is 0.0914 e. The Hall–Kier alpha value is -1.16. The molecule has 2 atom stereocenters. The molecule has 2 rings (SSSR count). The van der Waals surface area contributed by atoms with Crippen molar-refractivity contribution in [2.24, 2.45) is 0 Å². The molecular weight excluding hydrogens is 326 g/mol. The van der Waals surface area contributed by atoms with E-state index in [1.165, 1.54) is 11.1 Å². The standard InChI is InChI=1S/C18H22BrNO/c1-3-14-7-9-15(10-8-14)13(2)20-12-18(21)16-5-4-6-17(19)11-16/h4-11,13,18,20-21H,3,12H2,1-2H3. The zero-order valence-electron chi connectivity index (χ0n) is 12.5. The van der Waals surface area contributed by atoms with Crippen LogP contribution >= 0.6 is 15.9 Å². The largest absolute Gasteiger partial charge is 0.387 e.